The number of rotatable bonds is 11. The van der Waals surface area contributed by atoms with E-state index in [4.69, 9.17) is 20.6 Å². The van der Waals surface area contributed by atoms with Crippen molar-refractivity contribution in [2.75, 3.05) is 13.1 Å². The molecular formula is C16H23N4O9P. The second kappa shape index (κ2) is 11.3. The van der Waals surface area contributed by atoms with Crippen LogP contribution < -0.4 is 26.2 Å². The zero-order chi connectivity index (χ0) is 22.9. The third-order valence-corrected chi connectivity index (χ3v) is 4.05. The lowest BCUT2D eigenvalue weighted by molar-refractivity contribution is -0.141. The first-order valence-corrected chi connectivity index (χ1v) is 10.1. The quantitative estimate of drug-likeness (QED) is 0.183. The summed E-state index contributed by atoms with van der Waals surface area (Å²) in [7, 11) is -4.73. The van der Waals surface area contributed by atoms with Gasteiger partial charge in [0, 0.05) is 6.42 Å². The van der Waals surface area contributed by atoms with Gasteiger partial charge in [-0.2, -0.15) is 0 Å². The second-order valence-electron chi connectivity index (χ2n) is 6.10. The minimum absolute atomic E-state index is 0.0784. The Morgan fingerprint density at radius 1 is 1.10 bits per heavy atom. The van der Waals surface area contributed by atoms with E-state index in [0.29, 0.717) is 5.56 Å². The number of aliphatic carboxylic acids is 1. The molecule has 0 saturated heterocycles. The summed E-state index contributed by atoms with van der Waals surface area (Å²) in [5.74, 6) is -3.45. The van der Waals surface area contributed by atoms with Crippen LogP contribution in [-0.4, -0.2) is 63.8 Å². The first-order valence-electron chi connectivity index (χ1n) is 8.54. The Bertz CT molecular complexity index is 825. The molecule has 0 unspecified atom stereocenters. The number of carboxylic acid groups (broad SMARTS) is 1. The Morgan fingerprint density at radius 3 is 2.20 bits per heavy atom. The smallest absolute Gasteiger partial charge is 0.480 e. The van der Waals surface area contributed by atoms with Crippen LogP contribution >= 0.6 is 7.82 Å². The van der Waals surface area contributed by atoms with Crippen LogP contribution in [-0.2, 0) is 30.2 Å². The van der Waals surface area contributed by atoms with Gasteiger partial charge >= 0.3 is 13.8 Å². The lowest BCUT2D eigenvalue weighted by atomic mass is 10.0. The molecule has 30 heavy (non-hydrogen) atoms. The highest BCUT2D eigenvalue weighted by Crippen LogP contribution is 2.37. The van der Waals surface area contributed by atoms with Crippen molar-refractivity contribution in [2.24, 2.45) is 5.73 Å². The molecule has 1 aromatic rings. The van der Waals surface area contributed by atoms with E-state index in [-0.39, 0.29) is 18.7 Å². The molecule has 0 aromatic heterocycles. The largest absolute Gasteiger partial charge is 0.524 e. The van der Waals surface area contributed by atoms with Gasteiger partial charge in [0.2, 0.25) is 17.7 Å². The number of benzene rings is 1. The predicted molar refractivity (Wildman–Crippen MR) is 102 cm³/mol. The van der Waals surface area contributed by atoms with Gasteiger partial charge < -0.3 is 31.3 Å². The fourth-order valence-electron chi connectivity index (χ4n) is 2.14. The fourth-order valence-corrected chi connectivity index (χ4v) is 2.54. The van der Waals surface area contributed by atoms with Gasteiger partial charge in [-0.15, -0.1) is 0 Å². The highest BCUT2D eigenvalue weighted by Gasteiger charge is 2.25. The van der Waals surface area contributed by atoms with Gasteiger partial charge in [-0.3, -0.25) is 29.0 Å². The van der Waals surface area contributed by atoms with Crippen molar-refractivity contribution in [2.45, 2.75) is 25.4 Å². The van der Waals surface area contributed by atoms with Crippen molar-refractivity contribution >= 4 is 31.5 Å². The molecule has 0 heterocycles. The maximum absolute atomic E-state index is 12.4. The van der Waals surface area contributed by atoms with Crippen molar-refractivity contribution in [1.82, 2.24) is 16.0 Å². The van der Waals surface area contributed by atoms with Crippen LogP contribution in [0.1, 0.15) is 12.5 Å². The molecule has 2 atom stereocenters. The molecule has 3 amide bonds. The predicted octanol–water partition coefficient (Wildman–Crippen LogP) is -2.15. The van der Waals surface area contributed by atoms with Crippen molar-refractivity contribution < 1.29 is 43.2 Å². The minimum Gasteiger partial charge on any atom is -0.480 e. The summed E-state index contributed by atoms with van der Waals surface area (Å²) in [5, 5.41) is 15.8. The maximum atomic E-state index is 12.4. The number of nitrogens with two attached hydrogens (primary N) is 1. The highest BCUT2D eigenvalue weighted by atomic mass is 31.2. The number of hydrogen-bond acceptors (Lipinski definition) is 7. The van der Waals surface area contributed by atoms with Gasteiger partial charge in [-0.05, 0) is 24.6 Å². The van der Waals surface area contributed by atoms with Gasteiger partial charge in [0.05, 0.1) is 13.1 Å². The van der Waals surface area contributed by atoms with Gasteiger partial charge in [0.1, 0.15) is 17.8 Å². The van der Waals surface area contributed by atoms with Crippen LogP contribution in [0.3, 0.4) is 0 Å². The van der Waals surface area contributed by atoms with E-state index in [9.17, 15) is 23.7 Å². The Labute approximate surface area is 171 Å². The maximum Gasteiger partial charge on any atom is 0.524 e. The van der Waals surface area contributed by atoms with E-state index in [1.165, 1.54) is 31.2 Å². The van der Waals surface area contributed by atoms with E-state index >= 15 is 0 Å². The number of hydrogen-bond donors (Lipinski definition) is 7. The van der Waals surface area contributed by atoms with Gasteiger partial charge in [0.15, 0.2) is 0 Å². The molecule has 14 heteroatoms. The third kappa shape index (κ3) is 9.47. The molecule has 166 valence electrons. The van der Waals surface area contributed by atoms with Gasteiger partial charge in [-0.25, -0.2) is 4.57 Å². The van der Waals surface area contributed by atoms with Crippen LogP contribution in [0.5, 0.6) is 5.75 Å². The molecule has 0 aliphatic carbocycles. The summed E-state index contributed by atoms with van der Waals surface area (Å²) < 4.78 is 15.3. The zero-order valence-corrected chi connectivity index (χ0v) is 16.8. The Morgan fingerprint density at radius 2 is 1.70 bits per heavy atom. The molecule has 0 fully saturated rings. The molecule has 0 saturated carbocycles. The van der Waals surface area contributed by atoms with Crippen molar-refractivity contribution in [3.63, 3.8) is 0 Å². The number of phosphoric acid groups is 1. The highest BCUT2D eigenvalue weighted by molar-refractivity contribution is 7.46. The van der Waals surface area contributed by atoms with Crippen molar-refractivity contribution in [1.29, 1.82) is 0 Å². The fraction of sp³-hybridized carbons (Fsp3) is 0.375. The summed E-state index contributed by atoms with van der Waals surface area (Å²) >= 11 is 0. The van der Waals surface area contributed by atoms with E-state index < -0.39 is 50.1 Å². The van der Waals surface area contributed by atoms with Crippen LogP contribution in [0.15, 0.2) is 24.3 Å². The number of amides is 3. The molecule has 8 N–H and O–H groups in total. The normalized spacial score (nSPS) is 12.9. The number of nitrogens with one attached hydrogen (secondary N) is 3. The first-order chi connectivity index (χ1) is 13.9. The summed E-state index contributed by atoms with van der Waals surface area (Å²) in [4.78, 5) is 64.2. The summed E-state index contributed by atoms with van der Waals surface area (Å²) in [6.07, 6.45) is -0.0784. The molecule has 1 rings (SSSR count). The molecule has 0 spiro atoms. The van der Waals surface area contributed by atoms with E-state index in [0.717, 1.165) is 0 Å². The van der Waals surface area contributed by atoms with Gasteiger partial charge in [0.25, 0.3) is 0 Å². The van der Waals surface area contributed by atoms with Crippen LogP contribution in [0, 0.1) is 0 Å². The molecule has 1 aromatic carbocycles. The SMILES string of the molecule is C[C@H](NC(=O)[C@H](Cc1ccc(OP(=O)(O)O)cc1)NC(=O)CNC(=O)CN)C(=O)O. The summed E-state index contributed by atoms with van der Waals surface area (Å²) in [6.45, 7) is 0.481. The molecule has 0 bridgehead atoms. The summed E-state index contributed by atoms with van der Waals surface area (Å²) in [6, 6.07) is 2.93. The topological polar surface area (TPSA) is 217 Å². The minimum atomic E-state index is -4.73. The Balaban J connectivity index is 2.89. The number of phosphoric ester groups is 1. The third-order valence-electron chi connectivity index (χ3n) is 3.60. The Hall–Kier alpha value is -2.99. The average Bonchev–Trinajstić information content (AvgIpc) is 2.65. The van der Waals surface area contributed by atoms with Crippen LogP contribution in [0.2, 0.25) is 0 Å². The lowest BCUT2D eigenvalue weighted by Crippen LogP contribution is -2.53. The molecule has 0 aliphatic heterocycles. The zero-order valence-electron chi connectivity index (χ0n) is 15.9. The Kier molecular flexibility index (Phi) is 9.40. The average molecular weight is 446 g/mol. The van der Waals surface area contributed by atoms with Crippen molar-refractivity contribution in [3.05, 3.63) is 29.8 Å². The molecular weight excluding hydrogens is 423 g/mol. The number of carbonyl (C=O) groups is 4. The van der Waals surface area contributed by atoms with Crippen LogP contribution in [0.4, 0.5) is 0 Å². The van der Waals surface area contributed by atoms with Crippen molar-refractivity contribution in [3.8, 4) is 5.75 Å². The van der Waals surface area contributed by atoms with E-state index in [1.807, 2.05) is 0 Å². The molecule has 13 nitrogen and oxygen atoms in total. The summed E-state index contributed by atoms with van der Waals surface area (Å²) in [5.41, 5.74) is 5.60. The number of carboxylic acids is 1. The van der Waals surface area contributed by atoms with Gasteiger partial charge in [-0.1, -0.05) is 12.1 Å². The van der Waals surface area contributed by atoms with E-state index in [1.54, 1.807) is 0 Å². The monoisotopic (exact) mass is 446 g/mol. The molecule has 0 radical (unpaired) electrons. The van der Waals surface area contributed by atoms with E-state index in [2.05, 4.69) is 20.5 Å². The number of carbonyl (C=O) groups excluding carboxylic acids is 3. The first kappa shape index (κ1) is 25.0. The molecule has 0 aliphatic rings. The second-order valence-corrected chi connectivity index (χ2v) is 7.26. The standard InChI is InChI=1S/C16H23N4O9P/c1-9(16(24)25)19-15(23)12(20-14(22)8-18-13(21)7-17)6-10-2-4-11(5-3-10)29-30(26,27)28/h2-5,9,12H,6-8,17H2,1H3,(H,18,21)(H,19,23)(H,20,22)(H,24,25)(H2,26,27,28)/t9-,12-/m0/s1. The lowest BCUT2D eigenvalue weighted by Gasteiger charge is -2.20. The van der Waals surface area contributed by atoms with Crippen LogP contribution in [0.25, 0.3) is 0 Å².